The van der Waals surface area contributed by atoms with Crippen molar-refractivity contribution in [2.45, 2.75) is 45.6 Å². The van der Waals surface area contributed by atoms with Gasteiger partial charge < -0.3 is 15.0 Å². The van der Waals surface area contributed by atoms with E-state index in [1.807, 2.05) is 45.2 Å². The number of carbonyl (C=O) groups excluding carboxylic acids is 1. The van der Waals surface area contributed by atoms with Crippen LogP contribution in [-0.4, -0.2) is 46.9 Å². The van der Waals surface area contributed by atoms with Gasteiger partial charge in [-0.2, -0.15) is 5.26 Å². The first-order chi connectivity index (χ1) is 15.9. The monoisotopic (exact) mass is 446 g/mol. The van der Waals surface area contributed by atoms with E-state index in [-0.39, 0.29) is 11.9 Å². The summed E-state index contributed by atoms with van der Waals surface area (Å²) in [5.74, 6) is 0.640. The van der Waals surface area contributed by atoms with Crippen molar-refractivity contribution in [3.63, 3.8) is 0 Å². The van der Waals surface area contributed by atoms with Crippen LogP contribution in [0.4, 0.5) is 5.69 Å². The number of methoxy groups -OCH3 is 1. The first-order valence-electron chi connectivity index (χ1n) is 11.3. The van der Waals surface area contributed by atoms with Crippen molar-refractivity contribution in [2.75, 3.05) is 25.1 Å². The maximum absolute atomic E-state index is 12.7. The van der Waals surface area contributed by atoms with Gasteiger partial charge in [0.05, 0.1) is 24.1 Å². The fourth-order valence-electron chi connectivity index (χ4n) is 4.67. The molecule has 1 N–H and O–H groups in total. The van der Waals surface area contributed by atoms with Crippen LogP contribution in [0.1, 0.15) is 41.6 Å². The Hall–Kier alpha value is -3.60. The lowest BCUT2D eigenvalue weighted by Gasteiger charge is -2.34. The number of nitrogens with one attached hydrogen (secondary N) is 1. The van der Waals surface area contributed by atoms with Gasteiger partial charge in [0, 0.05) is 44.0 Å². The first-order valence-corrected chi connectivity index (χ1v) is 11.3. The van der Waals surface area contributed by atoms with Crippen LogP contribution in [-0.2, 0) is 18.3 Å². The van der Waals surface area contributed by atoms with Gasteiger partial charge in [0.2, 0.25) is 11.8 Å². The minimum Gasteiger partial charge on any atom is -0.479 e. The highest BCUT2D eigenvalue weighted by Crippen LogP contribution is 2.30. The van der Waals surface area contributed by atoms with Gasteiger partial charge in [-0.15, -0.1) is 5.10 Å². The number of benzene rings is 1. The molecule has 0 radical (unpaired) electrons. The number of pyridine rings is 1. The number of hydrogen-bond acceptors (Lipinski definition) is 6. The van der Waals surface area contributed by atoms with Crippen LogP contribution in [0.15, 0.2) is 24.3 Å². The first kappa shape index (κ1) is 22.6. The number of amides is 1. The number of aromatic nitrogens is 3. The molecule has 0 bridgehead atoms. The molecule has 0 aliphatic carbocycles. The van der Waals surface area contributed by atoms with E-state index in [9.17, 15) is 4.79 Å². The van der Waals surface area contributed by atoms with E-state index in [1.54, 1.807) is 11.8 Å². The Kier molecular flexibility index (Phi) is 6.50. The smallest absolute Gasteiger partial charge is 0.242 e. The van der Waals surface area contributed by atoms with Crippen molar-refractivity contribution >= 4 is 22.6 Å². The second-order valence-corrected chi connectivity index (χ2v) is 8.62. The molecule has 3 heterocycles. The summed E-state index contributed by atoms with van der Waals surface area (Å²) >= 11 is 0. The van der Waals surface area contributed by atoms with Crippen LogP contribution in [0.3, 0.4) is 0 Å². The van der Waals surface area contributed by atoms with E-state index in [0.717, 1.165) is 59.5 Å². The zero-order valence-corrected chi connectivity index (χ0v) is 19.7. The third-order valence-corrected chi connectivity index (χ3v) is 6.54. The van der Waals surface area contributed by atoms with E-state index in [1.165, 1.54) is 0 Å². The van der Waals surface area contributed by atoms with E-state index in [4.69, 9.17) is 15.0 Å². The maximum Gasteiger partial charge on any atom is 0.242 e. The van der Waals surface area contributed by atoms with Crippen LogP contribution in [0.5, 0.6) is 5.88 Å². The van der Waals surface area contributed by atoms with Crippen LogP contribution < -0.4 is 15.0 Å². The number of fused-ring (bicyclic) bond motifs is 1. The normalized spacial score (nSPS) is 14.3. The SMILES string of the molecule is COc1nn(C)c2nc(C)c(CCC(=O)NC3CCN(c4ccc(C#N)cc4)CC3)c(C)c12. The number of anilines is 1. The predicted octanol–water partition coefficient (Wildman–Crippen LogP) is 3.18. The number of piperidine rings is 1. The number of hydrogen-bond donors (Lipinski definition) is 1. The molecule has 2 aromatic heterocycles. The van der Waals surface area contributed by atoms with Crippen molar-refractivity contribution in [3.8, 4) is 11.9 Å². The summed E-state index contributed by atoms with van der Waals surface area (Å²) in [6.45, 7) is 5.80. The highest BCUT2D eigenvalue weighted by molar-refractivity contribution is 5.86. The average Bonchev–Trinajstić information content (AvgIpc) is 3.15. The Morgan fingerprint density at radius 2 is 1.94 bits per heavy atom. The van der Waals surface area contributed by atoms with Gasteiger partial charge in [0.1, 0.15) is 0 Å². The lowest BCUT2D eigenvalue weighted by Crippen LogP contribution is -2.44. The fraction of sp³-hybridized carbons (Fsp3) is 0.440. The van der Waals surface area contributed by atoms with E-state index in [0.29, 0.717) is 24.3 Å². The van der Waals surface area contributed by atoms with Gasteiger partial charge in [-0.25, -0.2) is 9.67 Å². The third-order valence-electron chi connectivity index (χ3n) is 6.54. The molecule has 0 spiro atoms. The Morgan fingerprint density at radius 3 is 2.58 bits per heavy atom. The number of carbonyl (C=O) groups is 1. The Morgan fingerprint density at radius 1 is 1.24 bits per heavy atom. The van der Waals surface area contributed by atoms with E-state index >= 15 is 0 Å². The van der Waals surface area contributed by atoms with Gasteiger partial charge >= 0.3 is 0 Å². The minimum atomic E-state index is 0.0730. The van der Waals surface area contributed by atoms with Crippen LogP contribution in [0.25, 0.3) is 11.0 Å². The van der Waals surface area contributed by atoms with Crippen molar-refractivity contribution in [1.82, 2.24) is 20.1 Å². The summed E-state index contributed by atoms with van der Waals surface area (Å²) in [4.78, 5) is 19.7. The molecule has 1 amide bonds. The zero-order chi connectivity index (χ0) is 23.5. The summed E-state index contributed by atoms with van der Waals surface area (Å²) in [6, 6.07) is 10.0. The summed E-state index contributed by atoms with van der Waals surface area (Å²) in [5.41, 5.74) is 5.67. The Bertz CT molecular complexity index is 1200. The quantitative estimate of drug-likeness (QED) is 0.625. The highest BCUT2D eigenvalue weighted by Gasteiger charge is 2.22. The van der Waals surface area contributed by atoms with Crippen molar-refractivity contribution in [1.29, 1.82) is 5.26 Å². The fourth-order valence-corrected chi connectivity index (χ4v) is 4.67. The number of nitriles is 1. The predicted molar refractivity (Wildman–Crippen MR) is 127 cm³/mol. The molecule has 33 heavy (non-hydrogen) atoms. The summed E-state index contributed by atoms with van der Waals surface area (Å²) < 4.78 is 7.16. The summed E-state index contributed by atoms with van der Waals surface area (Å²) in [7, 11) is 3.47. The topological polar surface area (TPSA) is 96.1 Å². The van der Waals surface area contributed by atoms with Crippen LogP contribution >= 0.6 is 0 Å². The lowest BCUT2D eigenvalue weighted by molar-refractivity contribution is -0.121. The number of ether oxygens (including phenoxy) is 1. The van der Waals surface area contributed by atoms with Crippen molar-refractivity contribution < 1.29 is 9.53 Å². The lowest BCUT2D eigenvalue weighted by atomic mass is 9.99. The van der Waals surface area contributed by atoms with Gasteiger partial charge in [0.25, 0.3) is 0 Å². The minimum absolute atomic E-state index is 0.0730. The summed E-state index contributed by atoms with van der Waals surface area (Å²) in [5, 5.41) is 17.5. The molecule has 172 valence electrons. The van der Waals surface area contributed by atoms with Crippen molar-refractivity contribution in [3.05, 3.63) is 46.6 Å². The Labute approximate surface area is 194 Å². The van der Waals surface area contributed by atoms with E-state index in [2.05, 4.69) is 21.4 Å². The molecule has 3 aromatic rings. The standard InChI is InChI=1S/C25H30N6O2/c1-16-21(17(2)27-24-23(16)25(33-4)29-30(24)3)9-10-22(32)28-19-11-13-31(14-12-19)20-7-5-18(15-26)6-8-20/h5-8,19H,9-14H2,1-4H3,(H,28,32). The number of rotatable bonds is 6. The third kappa shape index (κ3) is 4.63. The number of nitrogens with zero attached hydrogens (tertiary/aromatic N) is 5. The van der Waals surface area contributed by atoms with Gasteiger partial charge in [-0.3, -0.25) is 4.79 Å². The van der Waals surface area contributed by atoms with Gasteiger partial charge in [0.15, 0.2) is 5.65 Å². The largest absolute Gasteiger partial charge is 0.479 e. The van der Waals surface area contributed by atoms with Crippen molar-refractivity contribution in [2.24, 2.45) is 7.05 Å². The summed E-state index contributed by atoms with van der Waals surface area (Å²) in [6.07, 6.45) is 2.87. The molecule has 0 atom stereocenters. The average molecular weight is 447 g/mol. The van der Waals surface area contributed by atoms with E-state index < -0.39 is 0 Å². The Balaban J connectivity index is 1.34. The molecule has 1 saturated heterocycles. The van der Waals surface area contributed by atoms with Crippen LogP contribution in [0, 0.1) is 25.2 Å². The molecule has 8 nitrogen and oxygen atoms in total. The van der Waals surface area contributed by atoms with Gasteiger partial charge in [-0.05, 0) is 68.5 Å². The van der Waals surface area contributed by atoms with Crippen LogP contribution in [0.2, 0.25) is 0 Å². The molecule has 4 rings (SSSR count). The second-order valence-electron chi connectivity index (χ2n) is 8.62. The zero-order valence-electron chi connectivity index (χ0n) is 19.7. The van der Waals surface area contributed by atoms with Gasteiger partial charge in [-0.1, -0.05) is 0 Å². The molecule has 1 aliphatic heterocycles. The second kappa shape index (κ2) is 9.49. The molecule has 1 aliphatic rings. The number of aryl methyl sites for hydroxylation is 3. The molecule has 1 aromatic carbocycles. The molecular formula is C25H30N6O2. The maximum atomic E-state index is 12.7. The molecule has 8 heteroatoms. The highest BCUT2D eigenvalue weighted by atomic mass is 16.5. The molecule has 1 fully saturated rings. The molecule has 0 saturated carbocycles. The molecule has 0 unspecified atom stereocenters. The molecular weight excluding hydrogens is 416 g/mol.